The number of hydrogen-bond acceptors (Lipinski definition) is 5. The molecule has 0 spiro atoms. The molecule has 0 aliphatic carbocycles. The summed E-state index contributed by atoms with van der Waals surface area (Å²) < 4.78 is 5.41. The van der Waals surface area contributed by atoms with Gasteiger partial charge in [-0.25, -0.2) is 15.0 Å². The first-order valence-electron chi connectivity index (χ1n) is 9.34. The van der Waals surface area contributed by atoms with Crippen molar-refractivity contribution in [1.82, 2.24) is 24.9 Å². The monoisotopic (exact) mass is 381 g/mol. The van der Waals surface area contributed by atoms with Crippen LogP contribution < -0.4 is 4.74 Å². The maximum Gasteiger partial charge on any atom is 0.224 e. The van der Waals surface area contributed by atoms with E-state index in [0.29, 0.717) is 5.88 Å². The van der Waals surface area contributed by atoms with E-state index in [-0.39, 0.29) is 0 Å². The zero-order valence-electron chi connectivity index (χ0n) is 16.4. The Morgan fingerprint density at radius 3 is 2.59 bits per heavy atom. The Labute approximate surface area is 167 Å². The molecule has 0 atom stereocenters. The van der Waals surface area contributed by atoms with E-state index in [0.717, 1.165) is 49.9 Å². The summed E-state index contributed by atoms with van der Waals surface area (Å²) in [7, 11) is 1.62. The van der Waals surface area contributed by atoms with Crippen LogP contribution >= 0.6 is 0 Å². The van der Waals surface area contributed by atoms with E-state index in [1.165, 1.54) is 11.9 Å². The molecule has 1 aromatic carbocycles. The van der Waals surface area contributed by atoms with E-state index in [2.05, 4.69) is 50.0 Å². The molecule has 0 fully saturated rings. The number of pyridine rings is 2. The first-order chi connectivity index (χ1) is 14.2. The Kier molecular flexibility index (Phi) is 3.98. The molecule has 0 aliphatic heterocycles. The van der Waals surface area contributed by atoms with Gasteiger partial charge in [0.15, 0.2) is 0 Å². The van der Waals surface area contributed by atoms with Crippen LogP contribution in [0.4, 0.5) is 0 Å². The summed E-state index contributed by atoms with van der Waals surface area (Å²) in [6, 6.07) is 10.3. The van der Waals surface area contributed by atoms with Crippen molar-refractivity contribution in [2.45, 2.75) is 13.8 Å². The van der Waals surface area contributed by atoms with E-state index in [9.17, 15) is 0 Å². The molecule has 5 aromatic rings. The topological polar surface area (TPSA) is 76.6 Å². The zero-order chi connectivity index (χ0) is 20.0. The highest BCUT2D eigenvalue weighted by Crippen LogP contribution is 2.34. The Hall–Kier alpha value is -3.80. The molecule has 0 amide bonds. The third kappa shape index (κ3) is 2.81. The standard InChI is InChI=1S/C23H19N5O/c1-13-6-7-24-14(2)21(13)16-9-17-19(11-26-22(17)25-10-16)15-4-5-20-18(8-15)23(29-3)28-12-27-20/h4-12H,1-3H3,(H,25,26). The van der Waals surface area contributed by atoms with Gasteiger partial charge >= 0.3 is 0 Å². The molecular formula is C23H19N5O. The number of aryl methyl sites for hydroxylation is 2. The number of hydrogen-bond donors (Lipinski definition) is 1. The van der Waals surface area contributed by atoms with Crippen LogP contribution in [0.25, 0.3) is 44.2 Å². The number of benzene rings is 1. The van der Waals surface area contributed by atoms with Gasteiger partial charge < -0.3 is 9.72 Å². The number of nitrogens with one attached hydrogen (secondary N) is 1. The summed E-state index contributed by atoms with van der Waals surface area (Å²) in [6.45, 7) is 4.13. The minimum absolute atomic E-state index is 0.567. The molecular weight excluding hydrogens is 362 g/mol. The predicted molar refractivity (Wildman–Crippen MR) is 114 cm³/mol. The molecule has 1 N–H and O–H groups in total. The molecule has 0 aliphatic rings. The summed E-state index contributed by atoms with van der Waals surface area (Å²) in [6.07, 6.45) is 7.24. The number of H-pyrrole nitrogens is 1. The lowest BCUT2D eigenvalue weighted by Crippen LogP contribution is -1.92. The van der Waals surface area contributed by atoms with Gasteiger partial charge in [-0.2, -0.15) is 0 Å². The number of aromatic nitrogens is 5. The Morgan fingerprint density at radius 1 is 0.897 bits per heavy atom. The molecule has 0 radical (unpaired) electrons. The van der Waals surface area contributed by atoms with Crippen molar-refractivity contribution in [3.05, 3.63) is 66.5 Å². The number of aromatic amines is 1. The maximum atomic E-state index is 5.41. The van der Waals surface area contributed by atoms with Crippen LogP contribution in [0.2, 0.25) is 0 Å². The third-order valence-corrected chi connectivity index (χ3v) is 5.27. The van der Waals surface area contributed by atoms with Crippen LogP contribution in [-0.4, -0.2) is 32.0 Å². The van der Waals surface area contributed by atoms with Crippen molar-refractivity contribution in [3.63, 3.8) is 0 Å². The summed E-state index contributed by atoms with van der Waals surface area (Å²) in [5.74, 6) is 0.567. The van der Waals surface area contributed by atoms with Gasteiger partial charge in [-0.05, 0) is 49.2 Å². The number of rotatable bonds is 3. The Bertz CT molecular complexity index is 1350. The highest BCUT2D eigenvalue weighted by Gasteiger charge is 2.13. The van der Waals surface area contributed by atoms with Gasteiger partial charge in [0.2, 0.25) is 5.88 Å². The number of fused-ring (bicyclic) bond motifs is 2. The van der Waals surface area contributed by atoms with Crippen molar-refractivity contribution in [3.8, 4) is 28.1 Å². The van der Waals surface area contributed by atoms with Crippen LogP contribution in [0.5, 0.6) is 5.88 Å². The molecule has 0 bridgehead atoms. The number of nitrogens with zero attached hydrogens (tertiary/aromatic N) is 4. The predicted octanol–water partition coefficient (Wildman–Crippen LogP) is 4.86. The summed E-state index contributed by atoms with van der Waals surface area (Å²) in [4.78, 5) is 20.9. The van der Waals surface area contributed by atoms with E-state index in [4.69, 9.17) is 4.74 Å². The molecule has 6 nitrogen and oxygen atoms in total. The second-order valence-electron chi connectivity index (χ2n) is 7.03. The van der Waals surface area contributed by atoms with Crippen LogP contribution in [0.3, 0.4) is 0 Å². The lowest BCUT2D eigenvalue weighted by atomic mass is 9.98. The van der Waals surface area contributed by atoms with Gasteiger partial charge in [0, 0.05) is 46.4 Å². The van der Waals surface area contributed by atoms with Crippen LogP contribution in [0, 0.1) is 13.8 Å². The van der Waals surface area contributed by atoms with Gasteiger partial charge in [0.1, 0.15) is 12.0 Å². The second kappa shape index (κ2) is 6.67. The molecule has 142 valence electrons. The van der Waals surface area contributed by atoms with E-state index < -0.39 is 0 Å². The average Bonchev–Trinajstić information content (AvgIpc) is 3.16. The van der Waals surface area contributed by atoms with Gasteiger partial charge in [-0.3, -0.25) is 4.98 Å². The lowest BCUT2D eigenvalue weighted by molar-refractivity contribution is 0.402. The molecule has 29 heavy (non-hydrogen) atoms. The molecule has 0 saturated heterocycles. The third-order valence-electron chi connectivity index (χ3n) is 5.27. The highest BCUT2D eigenvalue weighted by atomic mass is 16.5. The minimum Gasteiger partial charge on any atom is -0.480 e. The van der Waals surface area contributed by atoms with E-state index >= 15 is 0 Å². The molecule has 4 heterocycles. The molecule has 4 aromatic heterocycles. The van der Waals surface area contributed by atoms with E-state index in [1.807, 2.05) is 37.6 Å². The average molecular weight is 381 g/mol. The second-order valence-corrected chi connectivity index (χ2v) is 7.03. The molecule has 0 saturated carbocycles. The Balaban J connectivity index is 1.71. The van der Waals surface area contributed by atoms with Crippen molar-refractivity contribution in [2.75, 3.05) is 7.11 Å². The van der Waals surface area contributed by atoms with Gasteiger partial charge in [0.05, 0.1) is 18.0 Å². The fourth-order valence-electron chi connectivity index (χ4n) is 3.87. The van der Waals surface area contributed by atoms with E-state index in [1.54, 1.807) is 7.11 Å². The van der Waals surface area contributed by atoms with Crippen molar-refractivity contribution in [2.24, 2.45) is 0 Å². The lowest BCUT2D eigenvalue weighted by Gasteiger charge is -2.09. The quantitative estimate of drug-likeness (QED) is 0.483. The number of methoxy groups -OCH3 is 1. The molecule has 6 heteroatoms. The van der Waals surface area contributed by atoms with Crippen LogP contribution in [0.1, 0.15) is 11.3 Å². The van der Waals surface area contributed by atoms with Crippen molar-refractivity contribution in [1.29, 1.82) is 0 Å². The minimum atomic E-state index is 0.567. The zero-order valence-corrected chi connectivity index (χ0v) is 16.4. The fraction of sp³-hybridized carbons (Fsp3) is 0.130. The summed E-state index contributed by atoms with van der Waals surface area (Å²) in [5.41, 5.74) is 8.18. The van der Waals surface area contributed by atoms with Crippen LogP contribution in [-0.2, 0) is 0 Å². The SMILES string of the molecule is COc1ncnc2ccc(-c3c[nH]c4ncc(-c5c(C)ccnc5C)cc34)cc12. The van der Waals surface area contributed by atoms with Gasteiger partial charge in [0.25, 0.3) is 0 Å². The number of ether oxygens (including phenoxy) is 1. The molecule has 0 unspecified atom stereocenters. The Morgan fingerprint density at radius 2 is 1.76 bits per heavy atom. The first-order valence-corrected chi connectivity index (χ1v) is 9.34. The summed E-state index contributed by atoms with van der Waals surface area (Å²) in [5, 5.41) is 1.94. The smallest absolute Gasteiger partial charge is 0.224 e. The summed E-state index contributed by atoms with van der Waals surface area (Å²) >= 11 is 0. The molecule has 5 rings (SSSR count). The van der Waals surface area contributed by atoms with Gasteiger partial charge in [-0.15, -0.1) is 0 Å². The van der Waals surface area contributed by atoms with Crippen LogP contribution in [0.15, 0.2) is 55.2 Å². The first kappa shape index (κ1) is 17.3. The normalized spacial score (nSPS) is 11.3. The fourth-order valence-corrected chi connectivity index (χ4v) is 3.87. The van der Waals surface area contributed by atoms with Crippen molar-refractivity contribution >= 4 is 21.9 Å². The maximum absolute atomic E-state index is 5.41. The largest absolute Gasteiger partial charge is 0.480 e. The van der Waals surface area contributed by atoms with Gasteiger partial charge in [-0.1, -0.05) is 6.07 Å². The highest BCUT2D eigenvalue weighted by molar-refractivity contribution is 5.98. The van der Waals surface area contributed by atoms with Crippen molar-refractivity contribution < 1.29 is 4.74 Å².